The Labute approximate surface area is 107 Å². The molecule has 0 aliphatic heterocycles. The van der Waals surface area contributed by atoms with Gasteiger partial charge in [-0.3, -0.25) is 0 Å². The Morgan fingerprint density at radius 1 is 1.50 bits per heavy atom. The Morgan fingerprint density at radius 3 is 2.88 bits per heavy atom. The van der Waals surface area contributed by atoms with Crippen molar-refractivity contribution in [2.45, 2.75) is 19.4 Å². The van der Waals surface area contributed by atoms with Crippen LogP contribution >= 0.6 is 23.4 Å². The van der Waals surface area contributed by atoms with E-state index < -0.39 is 0 Å². The van der Waals surface area contributed by atoms with Crippen LogP contribution in [0, 0.1) is 0 Å². The average molecular weight is 260 g/mol. The van der Waals surface area contributed by atoms with Crippen LogP contribution in [0.15, 0.2) is 18.2 Å². The van der Waals surface area contributed by atoms with E-state index in [1.165, 1.54) is 0 Å². The highest BCUT2D eigenvalue weighted by Gasteiger charge is 2.08. The summed E-state index contributed by atoms with van der Waals surface area (Å²) >= 11 is 7.75. The largest absolute Gasteiger partial charge is 0.493 e. The van der Waals surface area contributed by atoms with Crippen molar-refractivity contribution < 1.29 is 4.74 Å². The molecule has 4 heteroatoms. The van der Waals surface area contributed by atoms with Crippen LogP contribution in [0.4, 0.5) is 0 Å². The number of hydrogen-bond donors (Lipinski definition) is 1. The smallest absolute Gasteiger partial charge is 0.124 e. The molecule has 0 amide bonds. The van der Waals surface area contributed by atoms with Crippen LogP contribution in [0.5, 0.6) is 5.75 Å². The topological polar surface area (TPSA) is 35.2 Å². The molecular formula is C12H18ClNOS. The minimum Gasteiger partial charge on any atom is -0.493 e. The summed E-state index contributed by atoms with van der Waals surface area (Å²) in [5.41, 5.74) is 6.84. The summed E-state index contributed by atoms with van der Waals surface area (Å²) in [6, 6.07) is 5.53. The summed E-state index contributed by atoms with van der Waals surface area (Å²) in [5.74, 6) is 1.96. The second kappa shape index (κ2) is 7.05. The van der Waals surface area contributed by atoms with E-state index >= 15 is 0 Å². The van der Waals surface area contributed by atoms with Crippen LogP contribution in [-0.2, 0) is 0 Å². The van der Waals surface area contributed by atoms with Gasteiger partial charge in [0, 0.05) is 16.6 Å². The summed E-state index contributed by atoms with van der Waals surface area (Å²) in [6.07, 6.45) is 3.14. The van der Waals surface area contributed by atoms with Crippen LogP contribution in [0.2, 0.25) is 5.02 Å². The number of thioether (sulfide) groups is 1. The lowest BCUT2D eigenvalue weighted by atomic mass is 10.1. The molecule has 1 rings (SSSR count). The fraction of sp³-hybridized carbons (Fsp3) is 0.500. The van der Waals surface area contributed by atoms with Gasteiger partial charge in [0.2, 0.25) is 0 Å². The van der Waals surface area contributed by atoms with Crippen LogP contribution in [0.25, 0.3) is 0 Å². The van der Waals surface area contributed by atoms with Gasteiger partial charge in [-0.1, -0.05) is 11.6 Å². The zero-order valence-electron chi connectivity index (χ0n) is 9.70. The maximum absolute atomic E-state index is 5.93. The molecule has 0 radical (unpaired) electrons. The molecule has 0 aliphatic carbocycles. The van der Waals surface area contributed by atoms with Gasteiger partial charge in [0.25, 0.3) is 0 Å². The zero-order chi connectivity index (χ0) is 12.0. The number of hydrogen-bond acceptors (Lipinski definition) is 3. The number of nitrogens with two attached hydrogens (primary N) is 1. The van der Waals surface area contributed by atoms with Crippen molar-refractivity contribution in [2.75, 3.05) is 18.6 Å². The fourth-order valence-corrected chi connectivity index (χ4v) is 1.98. The monoisotopic (exact) mass is 259 g/mol. The maximum atomic E-state index is 5.93. The highest BCUT2D eigenvalue weighted by molar-refractivity contribution is 7.98. The van der Waals surface area contributed by atoms with Crippen LogP contribution in [0.1, 0.15) is 24.9 Å². The average Bonchev–Trinajstić information content (AvgIpc) is 2.26. The zero-order valence-corrected chi connectivity index (χ0v) is 11.3. The molecule has 2 nitrogen and oxygen atoms in total. The first-order chi connectivity index (χ1) is 7.65. The maximum Gasteiger partial charge on any atom is 0.124 e. The predicted octanol–water partition coefficient (Wildman–Crippen LogP) is 3.49. The summed E-state index contributed by atoms with van der Waals surface area (Å²) in [6.45, 7) is 2.66. The molecule has 0 saturated heterocycles. The molecule has 1 aromatic rings. The third-order valence-electron chi connectivity index (χ3n) is 2.21. The van der Waals surface area contributed by atoms with E-state index in [0.717, 1.165) is 30.1 Å². The lowest BCUT2D eigenvalue weighted by Gasteiger charge is -2.14. The first-order valence-corrected chi connectivity index (χ1v) is 7.09. The van der Waals surface area contributed by atoms with E-state index in [9.17, 15) is 0 Å². The first kappa shape index (κ1) is 13.7. The predicted molar refractivity (Wildman–Crippen MR) is 72.5 cm³/mol. The van der Waals surface area contributed by atoms with Crippen LogP contribution in [-0.4, -0.2) is 18.6 Å². The Morgan fingerprint density at radius 2 is 2.25 bits per heavy atom. The molecule has 0 saturated carbocycles. The molecule has 0 heterocycles. The molecule has 0 unspecified atom stereocenters. The van der Waals surface area contributed by atoms with Gasteiger partial charge in [-0.2, -0.15) is 11.8 Å². The molecule has 0 fully saturated rings. The van der Waals surface area contributed by atoms with Crippen molar-refractivity contribution in [2.24, 2.45) is 5.73 Å². The van der Waals surface area contributed by atoms with E-state index in [-0.39, 0.29) is 6.04 Å². The van der Waals surface area contributed by atoms with Crippen molar-refractivity contribution in [3.8, 4) is 5.75 Å². The van der Waals surface area contributed by atoms with E-state index in [1.54, 1.807) is 0 Å². The summed E-state index contributed by atoms with van der Waals surface area (Å²) in [4.78, 5) is 0. The van der Waals surface area contributed by atoms with Gasteiger partial charge in [0.05, 0.1) is 6.61 Å². The normalized spacial score (nSPS) is 12.5. The molecule has 1 aromatic carbocycles. The first-order valence-electron chi connectivity index (χ1n) is 5.32. The Balaban J connectivity index is 2.64. The summed E-state index contributed by atoms with van der Waals surface area (Å²) in [7, 11) is 0. The molecule has 0 aromatic heterocycles. The van der Waals surface area contributed by atoms with E-state index in [1.807, 2.05) is 36.9 Å². The van der Waals surface area contributed by atoms with Crippen molar-refractivity contribution in [3.05, 3.63) is 28.8 Å². The highest BCUT2D eigenvalue weighted by Crippen LogP contribution is 2.27. The van der Waals surface area contributed by atoms with Gasteiger partial charge in [0.15, 0.2) is 0 Å². The summed E-state index contributed by atoms with van der Waals surface area (Å²) < 4.78 is 5.70. The molecule has 1 atom stereocenters. The van der Waals surface area contributed by atoms with Gasteiger partial charge in [-0.25, -0.2) is 0 Å². The third kappa shape index (κ3) is 4.24. The molecule has 0 aliphatic rings. The van der Waals surface area contributed by atoms with E-state index in [2.05, 4.69) is 6.26 Å². The molecule has 16 heavy (non-hydrogen) atoms. The number of ether oxygens (including phenoxy) is 1. The molecule has 0 bridgehead atoms. The van der Waals surface area contributed by atoms with E-state index in [0.29, 0.717) is 5.02 Å². The van der Waals surface area contributed by atoms with Gasteiger partial charge in [-0.05, 0) is 43.6 Å². The third-order valence-corrected chi connectivity index (χ3v) is 3.14. The molecule has 2 N–H and O–H groups in total. The number of benzene rings is 1. The lowest BCUT2D eigenvalue weighted by Crippen LogP contribution is -2.09. The fourth-order valence-electron chi connectivity index (χ4n) is 1.39. The minimum absolute atomic E-state index is 0.0609. The van der Waals surface area contributed by atoms with Crippen molar-refractivity contribution in [1.82, 2.24) is 0 Å². The van der Waals surface area contributed by atoms with Crippen LogP contribution in [0.3, 0.4) is 0 Å². The van der Waals surface area contributed by atoms with Crippen molar-refractivity contribution in [1.29, 1.82) is 0 Å². The van der Waals surface area contributed by atoms with Gasteiger partial charge >= 0.3 is 0 Å². The SMILES string of the molecule is CSCCCOc1ccc(Cl)cc1[C@H](C)N. The lowest BCUT2D eigenvalue weighted by molar-refractivity contribution is 0.314. The van der Waals surface area contributed by atoms with E-state index in [4.69, 9.17) is 22.1 Å². The second-order valence-corrected chi connectivity index (χ2v) is 5.09. The Hall–Kier alpha value is -0.380. The Bertz CT molecular complexity index is 331. The Kier molecular flexibility index (Phi) is 6.03. The quantitative estimate of drug-likeness (QED) is 0.795. The van der Waals surface area contributed by atoms with Crippen molar-refractivity contribution in [3.63, 3.8) is 0 Å². The molecule has 90 valence electrons. The van der Waals surface area contributed by atoms with Gasteiger partial charge in [-0.15, -0.1) is 0 Å². The van der Waals surface area contributed by atoms with Crippen molar-refractivity contribution >= 4 is 23.4 Å². The molecular weight excluding hydrogens is 242 g/mol. The molecule has 0 spiro atoms. The summed E-state index contributed by atoms with van der Waals surface area (Å²) in [5, 5.41) is 0.698. The standard InChI is InChI=1S/C12H18ClNOS/c1-9(14)11-8-10(13)4-5-12(11)15-6-3-7-16-2/h4-5,8-9H,3,6-7,14H2,1-2H3/t9-/m0/s1. The van der Waals surface area contributed by atoms with Crippen LogP contribution < -0.4 is 10.5 Å². The minimum atomic E-state index is -0.0609. The second-order valence-electron chi connectivity index (χ2n) is 3.67. The number of halogens is 1. The highest BCUT2D eigenvalue weighted by atomic mass is 35.5. The van der Waals surface area contributed by atoms with Gasteiger partial charge < -0.3 is 10.5 Å². The van der Waals surface area contributed by atoms with Gasteiger partial charge in [0.1, 0.15) is 5.75 Å². The number of rotatable bonds is 6.